The summed E-state index contributed by atoms with van der Waals surface area (Å²) in [4.78, 5) is 23.8. The number of nitrogens with two attached hydrogens (primary N) is 1. The van der Waals surface area contributed by atoms with Gasteiger partial charge in [-0.15, -0.1) is 0 Å². The Hall–Kier alpha value is -0.750. The Labute approximate surface area is 99.4 Å². The number of carboxylic acids is 1. The third kappa shape index (κ3) is 3.68. The lowest BCUT2D eigenvalue weighted by Gasteiger charge is -2.39. The molecule has 1 fully saturated rings. The highest BCUT2D eigenvalue weighted by Gasteiger charge is 2.33. The maximum atomic E-state index is 11.7. The molecule has 0 radical (unpaired) electrons. The van der Waals surface area contributed by atoms with Gasteiger partial charge in [0.25, 0.3) is 0 Å². The van der Waals surface area contributed by atoms with Crippen LogP contribution in [0.4, 0.5) is 0 Å². The summed E-state index contributed by atoms with van der Waals surface area (Å²) >= 11 is 1.67. The van der Waals surface area contributed by atoms with Crippen molar-refractivity contribution in [2.24, 2.45) is 11.7 Å². The summed E-state index contributed by atoms with van der Waals surface area (Å²) in [7, 11) is 0. The number of amides is 1. The molecule has 92 valence electrons. The molecule has 3 N–H and O–H groups in total. The predicted octanol–water partition coefficient (Wildman–Crippen LogP) is -0.0001000. The van der Waals surface area contributed by atoms with Gasteiger partial charge in [0, 0.05) is 19.0 Å². The Kier molecular flexibility index (Phi) is 5.08. The van der Waals surface area contributed by atoms with Gasteiger partial charge in [-0.3, -0.25) is 9.59 Å². The van der Waals surface area contributed by atoms with Crippen LogP contribution in [-0.4, -0.2) is 53.0 Å². The highest BCUT2D eigenvalue weighted by Crippen LogP contribution is 2.20. The molecule has 1 amide bonds. The summed E-state index contributed by atoms with van der Waals surface area (Å²) < 4.78 is 0. The van der Waals surface area contributed by atoms with Crippen molar-refractivity contribution in [2.75, 3.05) is 25.1 Å². The van der Waals surface area contributed by atoms with Crippen LogP contribution >= 0.6 is 11.8 Å². The Balaban J connectivity index is 2.23. The number of likely N-dealkylation sites (tertiary alicyclic amines) is 1. The lowest BCUT2D eigenvalue weighted by molar-refractivity contribution is -0.145. The van der Waals surface area contributed by atoms with Crippen LogP contribution in [0.1, 0.15) is 12.8 Å². The molecule has 1 rings (SSSR count). The van der Waals surface area contributed by atoms with Gasteiger partial charge in [0.1, 0.15) is 0 Å². The molecule has 0 spiro atoms. The lowest BCUT2D eigenvalue weighted by atomic mass is 9.95. The van der Waals surface area contributed by atoms with E-state index < -0.39 is 12.0 Å². The van der Waals surface area contributed by atoms with Gasteiger partial charge in [0.2, 0.25) is 5.91 Å². The van der Waals surface area contributed by atoms with Gasteiger partial charge >= 0.3 is 5.97 Å². The van der Waals surface area contributed by atoms with Crippen LogP contribution < -0.4 is 5.73 Å². The molecular weight excluding hydrogens is 228 g/mol. The van der Waals surface area contributed by atoms with Gasteiger partial charge in [-0.05, 0) is 18.4 Å². The third-order valence-electron chi connectivity index (χ3n) is 2.68. The number of nitrogens with zero attached hydrogens (tertiary/aromatic N) is 1. The lowest BCUT2D eigenvalue weighted by Crippen LogP contribution is -2.55. The highest BCUT2D eigenvalue weighted by atomic mass is 32.2. The smallest absolute Gasteiger partial charge is 0.303 e. The fourth-order valence-corrected chi connectivity index (χ4v) is 2.22. The fourth-order valence-electron chi connectivity index (χ4n) is 1.73. The van der Waals surface area contributed by atoms with Crippen LogP contribution in [0, 0.1) is 5.92 Å². The molecule has 0 aromatic heterocycles. The molecule has 1 heterocycles. The van der Waals surface area contributed by atoms with E-state index >= 15 is 0 Å². The summed E-state index contributed by atoms with van der Waals surface area (Å²) in [6.45, 7) is 1.08. The molecular formula is C10H18N2O3S. The van der Waals surface area contributed by atoms with Gasteiger partial charge in [-0.2, -0.15) is 11.8 Å². The quantitative estimate of drug-likeness (QED) is 0.689. The van der Waals surface area contributed by atoms with Crippen molar-refractivity contribution in [3.8, 4) is 0 Å². The Morgan fingerprint density at radius 2 is 2.19 bits per heavy atom. The van der Waals surface area contributed by atoms with Crippen molar-refractivity contribution < 1.29 is 14.7 Å². The van der Waals surface area contributed by atoms with Crippen LogP contribution in [0.2, 0.25) is 0 Å². The van der Waals surface area contributed by atoms with E-state index in [1.54, 1.807) is 16.7 Å². The summed E-state index contributed by atoms with van der Waals surface area (Å²) in [5, 5.41) is 8.57. The SMILES string of the molecule is CSCC[C@@H](N)C(=O)N1CC(CC(=O)O)C1. The van der Waals surface area contributed by atoms with Gasteiger partial charge in [-0.25, -0.2) is 0 Å². The number of carbonyl (C=O) groups is 2. The Morgan fingerprint density at radius 1 is 1.56 bits per heavy atom. The molecule has 1 atom stereocenters. The van der Waals surface area contributed by atoms with Gasteiger partial charge in [0.05, 0.1) is 12.5 Å². The van der Waals surface area contributed by atoms with Crippen LogP contribution in [0.3, 0.4) is 0 Å². The van der Waals surface area contributed by atoms with Crippen molar-refractivity contribution in [3.05, 3.63) is 0 Å². The molecule has 0 aliphatic carbocycles. The summed E-state index contributed by atoms with van der Waals surface area (Å²) in [6, 6.07) is -0.432. The number of carboxylic acid groups (broad SMARTS) is 1. The zero-order valence-electron chi connectivity index (χ0n) is 9.39. The molecule has 0 aromatic carbocycles. The topological polar surface area (TPSA) is 83.6 Å². The van der Waals surface area contributed by atoms with Gasteiger partial charge < -0.3 is 15.7 Å². The average molecular weight is 246 g/mol. The third-order valence-corrected chi connectivity index (χ3v) is 3.33. The van der Waals surface area contributed by atoms with Gasteiger partial charge in [0.15, 0.2) is 0 Å². The van der Waals surface area contributed by atoms with Crippen molar-refractivity contribution in [3.63, 3.8) is 0 Å². The molecule has 0 aromatic rings. The zero-order valence-corrected chi connectivity index (χ0v) is 10.2. The monoisotopic (exact) mass is 246 g/mol. The number of thioether (sulfide) groups is 1. The molecule has 1 aliphatic rings. The van der Waals surface area contributed by atoms with E-state index in [-0.39, 0.29) is 18.2 Å². The maximum Gasteiger partial charge on any atom is 0.303 e. The van der Waals surface area contributed by atoms with Crippen molar-refractivity contribution in [1.29, 1.82) is 0 Å². The predicted molar refractivity (Wildman–Crippen MR) is 63.3 cm³/mol. The van der Waals surface area contributed by atoms with Crippen LogP contribution in [0.15, 0.2) is 0 Å². The summed E-state index contributed by atoms with van der Waals surface area (Å²) in [6.07, 6.45) is 2.80. The van der Waals surface area contributed by atoms with E-state index in [0.717, 1.165) is 5.75 Å². The molecule has 0 unspecified atom stereocenters. The van der Waals surface area contributed by atoms with Gasteiger partial charge in [-0.1, -0.05) is 0 Å². The Morgan fingerprint density at radius 3 is 2.69 bits per heavy atom. The molecule has 1 aliphatic heterocycles. The number of hydrogen-bond acceptors (Lipinski definition) is 4. The summed E-state index contributed by atoms with van der Waals surface area (Å²) in [5.74, 6) is 0.132. The standard InChI is InChI=1S/C10H18N2O3S/c1-16-3-2-8(11)10(15)12-5-7(6-12)4-9(13)14/h7-8H,2-6,11H2,1H3,(H,13,14)/t8-/m1/s1. The second kappa shape index (κ2) is 6.10. The number of rotatable bonds is 6. The number of hydrogen-bond donors (Lipinski definition) is 2. The second-order valence-corrected chi connectivity index (χ2v) is 5.08. The highest BCUT2D eigenvalue weighted by molar-refractivity contribution is 7.98. The minimum Gasteiger partial charge on any atom is -0.481 e. The van der Waals surface area contributed by atoms with E-state index in [9.17, 15) is 9.59 Å². The van der Waals surface area contributed by atoms with Crippen molar-refractivity contribution >= 4 is 23.6 Å². The fraction of sp³-hybridized carbons (Fsp3) is 0.800. The molecule has 0 saturated carbocycles. The minimum atomic E-state index is -0.802. The largest absolute Gasteiger partial charge is 0.481 e. The van der Waals surface area contributed by atoms with E-state index in [1.165, 1.54) is 0 Å². The van der Waals surface area contributed by atoms with Crippen LogP contribution in [-0.2, 0) is 9.59 Å². The van der Waals surface area contributed by atoms with Crippen LogP contribution in [0.5, 0.6) is 0 Å². The molecule has 6 heteroatoms. The first-order chi connectivity index (χ1) is 7.54. The summed E-state index contributed by atoms with van der Waals surface area (Å²) in [5.41, 5.74) is 5.74. The Bertz CT molecular complexity index is 267. The first kappa shape index (κ1) is 13.3. The van der Waals surface area contributed by atoms with Crippen molar-refractivity contribution in [1.82, 2.24) is 4.90 Å². The molecule has 1 saturated heterocycles. The maximum absolute atomic E-state index is 11.7. The first-order valence-corrected chi connectivity index (χ1v) is 6.69. The average Bonchev–Trinajstić information content (AvgIpc) is 2.18. The van der Waals surface area contributed by atoms with Crippen molar-refractivity contribution in [2.45, 2.75) is 18.9 Å². The number of carbonyl (C=O) groups excluding carboxylic acids is 1. The normalized spacial score (nSPS) is 18.0. The second-order valence-electron chi connectivity index (χ2n) is 4.10. The van der Waals surface area contributed by atoms with Crippen LogP contribution in [0.25, 0.3) is 0 Å². The van der Waals surface area contributed by atoms with E-state index in [2.05, 4.69) is 0 Å². The molecule has 16 heavy (non-hydrogen) atoms. The minimum absolute atomic E-state index is 0.0457. The molecule has 5 nitrogen and oxygen atoms in total. The van der Waals surface area contributed by atoms with E-state index in [4.69, 9.17) is 10.8 Å². The number of aliphatic carboxylic acids is 1. The van der Waals surface area contributed by atoms with E-state index in [0.29, 0.717) is 19.5 Å². The zero-order chi connectivity index (χ0) is 12.1. The first-order valence-electron chi connectivity index (χ1n) is 5.29. The van der Waals surface area contributed by atoms with E-state index in [1.807, 2.05) is 6.26 Å². The molecule has 0 bridgehead atoms.